The second kappa shape index (κ2) is 5.17. The van der Waals surface area contributed by atoms with Gasteiger partial charge >= 0.3 is 0 Å². The summed E-state index contributed by atoms with van der Waals surface area (Å²) in [5.41, 5.74) is 0.847. The highest BCUT2D eigenvalue weighted by molar-refractivity contribution is 7.89. The Morgan fingerprint density at radius 1 is 1.30 bits per heavy atom. The zero-order valence-corrected chi connectivity index (χ0v) is 12.5. The molecular formula is C12H10ClN3O2S2. The fourth-order valence-corrected chi connectivity index (χ4v) is 3.74. The number of hydrogen-bond acceptors (Lipinski definition) is 4. The van der Waals surface area contributed by atoms with Crippen LogP contribution >= 0.6 is 22.9 Å². The summed E-state index contributed by atoms with van der Waals surface area (Å²) in [5, 5.41) is 2.38. The molecule has 20 heavy (non-hydrogen) atoms. The third-order valence-electron chi connectivity index (χ3n) is 2.78. The predicted octanol–water partition coefficient (Wildman–Crippen LogP) is 2.53. The van der Waals surface area contributed by atoms with Crippen LogP contribution in [0.5, 0.6) is 0 Å². The first kappa shape index (κ1) is 13.6. The first-order chi connectivity index (χ1) is 9.56. The van der Waals surface area contributed by atoms with Crippen LogP contribution in [-0.4, -0.2) is 17.8 Å². The summed E-state index contributed by atoms with van der Waals surface area (Å²) < 4.78 is 28.7. The van der Waals surface area contributed by atoms with Gasteiger partial charge in [0, 0.05) is 28.5 Å². The normalized spacial score (nSPS) is 12.1. The summed E-state index contributed by atoms with van der Waals surface area (Å²) >= 11 is 7.22. The number of nitrogens with one attached hydrogen (secondary N) is 1. The molecule has 8 heteroatoms. The monoisotopic (exact) mass is 327 g/mol. The highest BCUT2D eigenvalue weighted by Crippen LogP contribution is 2.17. The molecule has 0 fully saturated rings. The average molecular weight is 328 g/mol. The van der Waals surface area contributed by atoms with E-state index in [4.69, 9.17) is 11.6 Å². The Hall–Kier alpha value is -1.41. The number of fused-ring (bicyclic) bond motifs is 1. The van der Waals surface area contributed by atoms with Crippen LogP contribution in [0.3, 0.4) is 0 Å². The van der Waals surface area contributed by atoms with Gasteiger partial charge in [-0.05, 0) is 24.3 Å². The van der Waals surface area contributed by atoms with E-state index in [9.17, 15) is 8.42 Å². The van der Waals surface area contributed by atoms with Gasteiger partial charge in [0.25, 0.3) is 0 Å². The molecule has 3 rings (SSSR count). The fraction of sp³-hybridized carbons (Fsp3) is 0.0833. The van der Waals surface area contributed by atoms with Crippen molar-refractivity contribution in [3.63, 3.8) is 0 Å². The lowest BCUT2D eigenvalue weighted by atomic mass is 10.4. The molecule has 0 unspecified atom stereocenters. The molecule has 0 amide bonds. The molecule has 1 aromatic carbocycles. The maximum Gasteiger partial charge on any atom is 0.240 e. The summed E-state index contributed by atoms with van der Waals surface area (Å²) in [5.74, 6) is 0. The highest BCUT2D eigenvalue weighted by Gasteiger charge is 2.14. The maximum atomic E-state index is 12.1. The van der Waals surface area contributed by atoms with Gasteiger partial charge in [0.1, 0.15) is 0 Å². The van der Waals surface area contributed by atoms with Crippen LogP contribution in [0.25, 0.3) is 4.96 Å². The first-order valence-corrected chi connectivity index (χ1v) is 8.45. The van der Waals surface area contributed by atoms with Crippen molar-refractivity contribution >= 4 is 37.9 Å². The SMILES string of the molecule is O=S(=O)(NCc1csc2nccn12)c1ccc(Cl)cc1. The van der Waals surface area contributed by atoms with Crippen LogP contribution in [0.2, 0.25) is 5.02 Å². The summed E-state index contributed by atoms with van der Waals surface area (Å²) in [7, 11) is -3.54. The Labute approximate surface area is 124 Å². The smallest absolute Gasteiger partial charge is 0.240 e. The van der Waals surface area contributed by atoms with Crippen molar-refractivity contribution in [2.24, 2.45) is 0 Å². The van der Waals surface area contributed by atoms with E-state index < -0.39 is 10.0 Å². The quantitative estimate of drug-likeness (QED) is 0.801. The number of sulfonamides is 1. The second-order valence-electron chi connectivity index (χ2n) is 4.09. The second-order valence-corrected chi connectivity index (χ2v) is 7.13. The lowest BCUT2D eigenvalue weighted by molar-refractivity contribution is 0.580. The van der Waals surface area contributed by atoms with E-state index in [1.807, 2.05) is 9.78 Å². The van der Waals surface area contributed by atoms with E-state index in [2.05, 4.69) is 9.71 Å². The van der Waals surface area contributed by atoms with Crippen LogP contribution < -0.4 is 4.72 Å². The molecule has 1 N–H and O–H groups in total. The molecule has 2 heterocycles. The molecule has 0 saturated carbocycles. The summed E-state index contributed by atoms with van der Waals surface area (Å²) in [4.78, 5) is 5.17. The largest absolute Gasteiger partial charge is 0.293 e. The molecule has 2 aromatic heterocycles. The van der Waals surface area contributed by atoms with Gasteiger partial charge in [-0.25, -0.2) is 18.1 Å². The molecule has 104 valence electrons. The molecule has 0 aliphatic rings. The third kappa shape index (κ3) is 2.57. The summed E-state index contributed by atoms with van der Waals surface area (Å²) in [6, 6.07) is 6.06. The number of benzene rings is 1. The van der Waals surface area contributed by atoms with Crippen molar-refractivity contribution in [3.05, 3.63) is 52.8 Å². The topological polar surface area (TPSA) is 63.5 Å². The lowest BCUT2D eigenvalue weighted by Crippen LogP contribution is -2.23. The molecule has 0 bridgehead atoms. The number of rotatable bonds is 4. The minimum Gasteiger partial charge on any atom is -0.293 e. The number of thiazole rings is 1. The van der Waals surface area contributed by atoms with E-state index in [1.165, 1.54) is 23.5 Å². The number of nitrogens with zero attached hydrogens (tertiary/aromatic N) is 2. The summed E-state index contributed by atoms with van der Waals surface area (Å²) in [6.07, 6.45) is 3.49. The Bertz CT molecular complexity index is 837. The number of imidazole rings is 1. The Morgan fingerprint density at radius 3 is 2.80 bits per heavy atom. The van der Waals surface area contributed by atoms with Gasteiger partial charge in [0.2, 0.25) is 10.0 Å². The molecule has 0 spiro atoms. The third-order valence-corrected chi connectivity index (χ3v) is 5.36. The zero-order chi connectivity index (χ0) is 14.2. The number of hydrogen-bond donors (Lipinski definition) is 1. The molecular weight excluding hydrogens is 318 g/mol. The van der Waals surface area contributed by atoms with Gasteiger partial charge in [-0.3, -0.25) is 4.40 Å². The molecule has 0 atom stereocenters. The maximum absolute atomic E-state index is 12.1. The van der Waals surface area contributed by atoms with E-state index in [1.54, 1.807) is 24.5 Å². The van der Waals surface area contributed by atoms with Crippen molar-refractivity contribution < 1.29 is 8.42 Å². The van der Waals surface area contributed by atoms with Crippen molar-refractivity contribution in [2.45, 2.75) is 11.4 Å². The van der Waals surface area contributed by atoms with Gasteiger partial charge in [0.05, 0.1) is 11.4 Å². The minimum absolute atomic E-state index is 0.194. The first-order valence-electron chi connectivity index (χ1n) is 5.71. The molecule has 0 aliphatic heterocycles. The number of aromatic nitrogens is 2. The fourth-order valence-electron chi connectivity index (χ4n) is 1.77. The minimum atomic E-state index is -3.54. The van der Waals surface area contributed by atoms with Crippen molar-refractivity contribution in [1.29, 1.82) is 0 Å². The van der Waals surface area contributed by atoms with Gasteiger partial charge < -0.3 is 0 Å². The van der Waals surface area contributed by atoms with Gasteiger partial charge in [-0.2, -0.15) is 0 Å². The van der Waals surface area contributed by atoms with Crippen LogP contribution in [0, 0.1) is 0 Å². The Balaban J connectivity index is 1.80. The van der Waals surface area contributed by atoms with Crippen molar-refractivity contribution in [2.75, 3.05) is 0 Å². The standard InChI is InChI=1S/C12H10ClN3O2S2/c13-9-1-3-11(4-2-9)20(17,18)15-7-10-8-19-12-14-5-6-16(10)12/h1-6,8,15H,7H2. The van der Waals surface area contributed by atoms with Crippen molar-refractivity contribution in [1.82, 2.24) is 14.1 Å². The van der Waals surface area contributed by atoms with E-state index in [-0.39, 0.29) is 11.4 Å². The van der Waals surface area contributed by atoms with Crippen molar-refractivity contribution in [3.8, 4) is 0 Å². The van der Waals surface area contributed by atoms with Gasteiger partial charge in [-0.1, -0.05) is 11.6 Å². The van der Waals surface area contributed by atoms with Crippen LogP contribution in [0.1, 0.15) is 5.69 Å². The number of halogens is 1. The lowest BCUT2D eigenvalue weighted by Gasteiger charge is -2.06. The average Bonchev–Trinajstić information content (AvgIpc) is 3.00. The summed E-state index contributed by atoms with van der Waals surface area (Å²) in [6.45, 7) is 0.210. The molecule has 0 radical (unpaired) electrons. The predicted molar refractivity (Wildman–Crippen MR) is 78.5 cm³/mol. The highest BCUT2D eigenvalue weighted by atomic mass is 35.5. The molecule has 0 saturated heterocycles. The van der Waals surface area contributed by atoms with Gasteiger partial charge in [0.15, 0.2) is 4.96 Å². The van der Waals surface area contributed by atoms with Crippen LogP contribution in [-0.2, 0) is 16.6 Å². The molecule has 3 aromatic rings. The van der Waals surface area contributed by atoms with Crippen LogP contribution in [0.15, 0.2) is 46.9 Å². The molecule has 5 nitrogen and oxygen atoms in total. The zero-order valence-electron chi connectivity index (χ0n) is 10.2. The van der Waals surface area contributed by atoms with Crippen LogP contribution in [0.4, 0.5) is 0 Å². The van der Waals surface area contributed by atoms with E-state index >= 15 is 0 Å². The Kier molecular flexibility index (Phi) is 3.51. The van der Waals surface area contributed by atoms with E-state index in [0.29, 0.717) is 5.02 Å². The van der Waals surface area contributed by atoms with E-state index in [0.717, 1.165) is 10.7 Å². The van der Waals surface area contributed by atoms with Gasteiger partial charge in [-0.15, -0.1) is 11.3 Å². The Morgan fingerprint density at radius 2 is 2.05 bits per heavy atom. The molecule has 0 aliphatic carbocycles.